The molecule has 1 aromatic heterocycles. The SMILES string of the molecule is Cc1cccc(C(=O)Cc2ccnc3ccccc23)c1Br. The highest BCUT2D eigenvalue weighted by atomic mass is 79.9. The minimum Gasteiger partial charge on any atom is -0.294 e. The average molecular weight is 340 g/mol. The Labute approximate surface area is 132 Å². The summed E-state index contributed by atoms with van der Waals surface area (Å²) in [5.41, 5.74) is 3.74. The van der Waals surface area contributed by atoms with E-state index in [2.05, 4.69) is 20.9 Å². The molecule has 0 radical (unpaired) electrons. The first-order chi connectivity index (χ1) is 10.2. The molecular formula is C18H14BrNO. The first-order valence-electron chi connectivity index (χ1n) is 6.78. The van der Waals surface area contributed by atoms with Gasteiger partial charge in [-0.25, -0.2) is 0 Å². The summed E-state index contributed by atoms with van der Waals surface area (Å²) >= 11 is 3.51. The molecule has 3 heteroatoms. The highest BCUT2D eigenvalue weighted by Gasteiger charge is 2.13. The van der Waals surface area contributed by atoms with Gasteiger partial charge in [-0.1, -0.05) is 36.4 Å². The molecule has 0 aliphatic heterocycles. The number of pyridine rings is 1. The van der Waals surface area contributed by atoms with Gasteiger partial charge in [-0.05, 0) is 46.1 Å². The number of Topliss-reactive ketones (excluding diaryl/α,β-unsaturated/α-hetero) is 1. The van der Waals surface area contributed by atoms with E-state index >= 15 is 0 Å². The summed E-state index contributed by atoms with van der Waals surface area (Å²) in [4.78, 5) is 16.9. The zero-order chi connectivity index (χ0) is 14.8. The lowest BCUT2D eigenvalue weighted by Crippen LogP contribution is -2.06. The van der Waals surface area contributed by atoms with Gasteiger partial charge >= 0.3 is 0 Å². The smallest absolute Gasteiger partial charge is 0.168 e. The van der Waals surface area contributed by atoms with Crippen LogP contribution in [0.1, 0.15) is 21.5 Å². The van der Waals surface area contributed by atoms with Gasteiger partial charge in [-0.3, -0.25) is 9.78 Å². The Hall–Kier alpha value is -2.00. The molecule has 2 nitrogen and oxygen atoms in total. The maximum Gasteiger partial charge on any atom is 0.168 e. The van der Waals surface area contributed by atoms with Crippen LogP contribution in [0.3, 0.4) is 0 Å². The first-order valence-corrected chi connectivity index (χ1v) is 7.57. The molecular weight excluding hydrogens is 326 g/mol. The standard InChI is InChI=1S/C18H14BrNO/c1-12-5-4-7-15(18(12)19)17(21)11-13-9-10-20-16-8-3-2-6-14(13)16/h2-10H,11H2,1H3. The Bertz CT molecular complexity index is 821. The highest BCUT2D eigenvalue weighted by Crippen LogP contribution is 2.24. The molecule has 0 unspecified atom stereocenters. The molecule has 0 amide bonds. The zero-order valence-corrected chi connectivity index (χ0v) is 13.2. The third-order valence-corrected chi connectivity index (χ3v) is 4.64. The van der Waals surface area contributed by atoms with Crippen LogP contribution in [0.2, 0.25) is 0 Å². The summed E-state index contributed by atoms with van der Waals surface area (Å²) in [7, 11) is 0. The Kier molecular flexibility index (Phi) is 3.84. The Morgan fingerprint density at radius 2 is 1.90 bits per heavy atom. The van der Waals surface area contributed by atoms with Crippen molar-refractivity contribution in [2.45, 2.75) is 13.3 Å². The maximum absolute atomic E-state index is 12.6. The Balaban J connectivity index is 1.99. The lowest BCUT2D eigenvalue weighted by molar-refractivity contribution is 0.0992. The predicted molar refractivity (Wildman–Crippen MR) is 88.7 cm³/mol. The van der Waals surface area contributed by atoms with E-state index in [0.717, 1.165) is 32.1 Å². The van der Waals surface area contributed by atoms with Gasteiger partial charge in [0.05, 0.1) is 5.52 Å². The minimum atomic E-state index is 0.113. The molecule has 2 aromatic carbocycles. The number of benzene rings is 2. The molecule has 0 atom stereocenters. The van der Waals surface area contributed by atoms with E-state index in [1.54, 1.807) is 6.20 Å². The van der Waals surface area contributed by atoms with Gasteiger partial charge in [0.15, 0.2) is 5.78 Å². The molecule has 3 rings (SSSR count). The molecule has 0 spiro atoms. The summed E-state index contributed by atoms with van der Waals surface area (Å²) in [5.74, 6) is 0.113. The molecule has 0 aliphatic carbocycles. The summed E-state index contributed by atoms with van der Waals surface area (Å²) in [5, 5.41) is 1.04. The molecule has 0 saturated heterocycles. The lowest BCUT2D eigenvalue weighted by Gasteiger charge is -2.08. The molecule has 21 heavy (non-hydrogen) atoms. The first kappa shape index (κ1) is 14.0. The molecule has 0 saturated carbocycles. The van der Waals surface area contributed by atoms with E-state index in [0.29, 0.717) is 6.42 Å². The van der Waals surface area contributed by atoms with Crippen LogP contribution in [-0.4, -0.2) is 10.8 Å². The van der Waals surface area contributed by atoms with Gasteiger partial charge in [0.2, 0.25) is 0 Å². The summed E-state index contributed by atoms with van der Waals surface area (Å²) < 4.78 is 0.883. The highest BCUT2D eigenvalue weighted by molar-refractivity contribution is 9.10. The summed E-state index contributed by atoms with van der Waals surface area (Å²) in [6.45, 7) is 1.99. The van der Waals surface area contributed by atoms with Crippen LogP contribution < -0.4 is 0 Å². The fourth-order valence-electron chi connectivity index (χ4n) is 2.44. The van der Waals surface area contributed by atoms with Crippen LogP contribution in [0.5, 0.6) is 0 Å². The molecule has 0 aliphatic rings. The van der Waals surface area contributed by atoms with Crippen molar-refractivity contribution in [3.8, 4) is 0 Å². The van der Waals surface area contributed by atoms with E-state index in [9.17, 15) is 4.79 Å². The average Bonchev–Trinajstić information content (AvgIpc) is 2.50. The summed E-state index contributed by atoms with van der Waals surface area (Å²) in [6.07, 6.45) is 2.14. The Morgan fingerprint density at radius 3 is 2.76 bits per heavy atom. The summed E-state index contributed by atoms with van der Waals surface area (Å²) in [6, 6.07) is 15.6. The van der Waals surface area contributed by atoms with Gasteiger partial charge in [0.1, 0.15) is 0 Å². The van der Waals surface area contributed by atoms with Crippen molar-refractivity contribution in [2.24, 2.45) is 0 Å². The number of aryl methyl sites for hydroxylation is 1. The lowest BCUT2D eigenvalue weighted by atomic mass is 9.99. The van der Waals surface area contributed by atoms with Gasteiger partial charge in [0, 0.05) is 28.0 Å². The number of rotatable bonds is 3. The van der Waals surface area contributed by atoms with Crippen molar-refractivity contribution in [3.63, 3.8) is 0 Å². The third-order valence-electron chi connectivity index (χ3n) is 3.58. The van der Waals surface area contributed by atoms with Crippen LogP contribution in [0, 0.1) is 6.92 Å². The van der Waals surface area contributed by atoms with E-state index < -0.39 is 0 Å². The molecule has 0 fully saturated rings. The number of para-hydroxylation sites is 1. The fraction of sp³-hybridized carbons (Fsp3) is 0.111. The van der Waals surface area contributed by atoms with Crippen molar-refractivity contribution < 1.29 is 4.79 Å². The second-order valence-corrected chi connectivity index (χ2v) is 5.82. The number of fused-ring (bicyclic) bond motifs is 1. The normalized spacial score (nSPS) is 10.8. The van der Waals surface area contributed by atoms with Crippen LogP contribution in [0.25, 0.3) is 10.9 Å². The van der Waals surface area contributed by atoms with Gasteiger partial charge < -0.3 is 0 Å². The maximum atomic E-state index is 12.6. The number of ketones is 1. The number of hydrogen-bond donors (Lipinski definition) is 0. The van der Waals surface area contributed by atoms with Crippen molar-refractivity contribution >= 4 is 32.6 Å². The number of carbonyl (C=O) groups is 1. The topological polar surface area (TPSA) is 30.0 Å². The monoisotopic (exact) mass is 339 g/mol. The molecule has 0 bridgehead atoms. The minimum absolute atomic E-state index is 0.113. The van der Waals surface area contributed by atoms with Gasteiger partial charge in [0.25, 0.3) is 0 Å². The van der Waals surface area contributed by atoms with Crippen LogP contribution in [0.4, 0.5) is 0 Å². The van der Waals surface area contributed by atoms with E-state index in [-0.39, 0.29) is 5.78 Å². The zero-order valence-electron chi connectivity index (χ0n) is 11.6. The number of nitrogens with zero attached hydrogens (tertiary/aromatic N) is 1. The van der Waals surface area contributed by atoms with Crippen LogP contribution in [-0.2, 0) is 6.42 Å². The number of halogens is 1. The predicted octanol–water partition coefficient (Wildman–Crippen LogP) is 4.73. The molecule has 3 aromatic rings. The number of carbonyl (C=O) groups excluding carboxylic acids is 1. The second-order valence-electron chi connectivity index (χ2n) is 5.02. The van der Waals surface area contributed by atoms with E-state index in [4.69, 9.17) is 0 Å². The molecule has 0 N–H and O–H groups in total. The number of hydrogen-bond acceptors (Lipinski definition) is 2. The van der Waals surface area contributed by atoms with E-state index in [1.165, 1.54) is 0 Å². The van der Waals surface area contributed by atoms with Crippen molar-refractivity contribution in [3.05, 3.63) is 75.9 Å². The largest absolute Gasteiger partial charge is 0.294 e. The molecule has 1 heterocycles. The van der Waals surface area contributed by atoms with Crippen LogP contribution in [0.15, 0.2) is 59.2 Å². The van der Waals surface area contributed by atoms with Gasteiger partial charge in [-0.2, -0.15) is 0 Å². The fourth-order valence-corrected chi connectivity index (χ4v) is 2.93. The second kappa shape index (κ2) is 5.78. The third kappa shape index (κ3) is 2.74. The quantitative estimate of drug-likeness (QED) is 0.645. The van der Waals surface area contributed by atoms with Crippen molar-refractivity contribution in [1.82, 2.24) is 4.98 Å². The van der Waals surface area contributed by atoms with E-state index in [1.807, 2.05) is 55.5 Å². The van der Waals surface area contributed by atoms with Gasteiger partial charge in [-0.15, -0.1) is 0 Å². The molecule has 104 valence electrons. The van der Waals surface area contributed by atoms with Crippen molar-refractivity contribution in [1.29, 1.82) is 0 Å². The number of aromatic nitrogens is 1. The van der Waals surface area contributed by atoms with Crippen molar-refractivity contribution in [2.75, 3.05) is 0 Å². The van der Waals surface area contributed by atoms with Crippen LogP contribution >= 0.6 is 15.9 Å². The Morgan fingerprint density at radius 1 is 1.10 bits per heavy atom.